The van der Waals surface area contributed by atoms with Gasteiger partial charge >= 0.3 is 0 Å². The monoisotopic (exact) mass is 128 g/mol. The van der Waals surface area contributed by atoms with E-state index in [1.54, 1.807) is 0 Å². The van der Waals surface area contributed by atoms with Crippen molar-refractivity contribution >= 4 is 6.29 Å². The highest BCUT2D eigenvalue weighted by molar-refractivity contribution is 5.54. The predicted octanol–water partition coefficient (Wildman–Crippen LogP) is 0.736. The molecule has 1 fully saturated rings. The predicted molar refractivity (Wildman–Crippen MR) is 34.0 cm³/mol. The fraction of sp³-hybridized carbons (Fsp3) is 0.857. The first-order chi connectivity index (χ1) is 4.34. The maximum atomic E-state index is 10.2. The normalized spacial score (nSPS) is 36.1. The van der Waals surface area contributed by atoms with Crippen LogP contribution in [0.2, 0.25) is 0 Å². The topological polar surface area (TPSA) is 37.3 Å². The van der Waals surface area contributed by atoms with Gasteiger partial charge in [0.25, 0.3) is 0 Å². The molecular formula is C7H12O2. The summed E-state index contributed by atoms with van der Waals surface area (Å²) in [6.07, 6.45) is 4.39. The molecule has 1 aliphatic carbocycles. The molecule has 52 valence electrons. The van der Waals surface area contributed by atoms with E-state index in [4.69, 9.17) is 5.11 Å². The summed E-state index contributed by atoms with van der Waals surface area (Å²) in [4.78, 5) is 10.2. The first-order valence-corrected chi connectivity index (χ1v) is 3.48. The average molecular weight is 128 g/mol. The van der Waals surface area contributed by atoms with Gasteiger partial charge in [0.2, 0.25) is 0 Å². The molecule has 0 bridgehead atoms. The van der Waals surface area contributed by atoms with E-state index in [2.05, 4.69) is 0 Å². The van der Waals surface area contributed by atoms with Crippen molar-refractivity contribution in [3.8, 4) is 0 Å². The molecule has 2 atom stereocenters. The van der Waals surface area contributed by atoms with Crippen molar-refractivity contribution in [1.29, 1.82) is 0 Å². The van der Waals surface area contributed by atoms with E-state index in [9.17, 15) is 4.79 Å². The highest BCUT2D eigenvalue weighted by Crippen LogP contribution is 2.21. The number of carbonyl (C=O) groups excluding carboxylic acids is 1. The van der Waals surface area contributed by atoms with Crippen LogP contribution in [0, 0.1) is 5.92 Å². The number of hydrogen-bond donors (Lipinski definition) is 1. The van der Waals surface area contributed by atoms with Crippen LogP contribution in [0.4, 0.5) is 0 Å². The number of aldehydes is 1. The Morgan fingerprint density at radius 3 is 2.44 bits per heavy atom. The Bertz CT molecular complexity index is 101. The van der Waals surface area contributed by atoms with E-state index >= 15 is 0 Å². The van der Waals surface area contributed by atoms with Gasteiger partial charge in [-0.1, -0.05) is 12.8 Å². The molecule has 1 N–H and O–H groups in total. The molecule has 1 saturated carbocycles. The SMILES string of the molecule is O=C[C@@H]1CCCC[C@H]1O. The fourth-order valence-electron chi connectivity index (χ4n) is 1.30. The molecular weight excluding hydrogens is 116 g/mol. The maximum Gasteiger partial charge on any atom is 0.125 e. The first kappa shape index (κ1) is 6.75. The van der Waals surface area contributed by atoms with Crippen molar-refractivity contribution in [2.75, 3.05) is 0 Å². The second-order valence-electron chi connectivity index (χ2n) is 2.65. The first-order valence-electron chi connectivity index (χ1n) is 3.48. The molecule has 1 aliphatic rings. The van der Waals surface area contributed by atoms with E-state index in [1.165, 1.54) is 0 Å². The second kappa shape index (κ2) is 2.97. The average Bonchev–Trinajstić information content (AvgIpc) is 1.89. The summed E-state index contributed by atoms with van der Waals surface area (Å²) in [5.41, 5.74) is 0. The highest BCUT2D eigenvalue weighted by Gasteiger charge is 2.21. The number of rotatable bonds is 1. The van der Waals surface area contributed by atoms with Crippen LogP contribution in [0.1, 0.15) is 25.7 Å². The van der Waals surface area contributed by atoms with Gasteiger partial charge in [-0.05, 0) is 12.8 Å². The van der Waals surface area contributed by atoms with Gasteiger partial charge in [-0.25, -0.2) is 0 Å². The van der Waals surface area contributed by atoms with Crippen LogP contribution in [0.25, 0.3) is 0 Å². The molecule has 0 aromatic carbocycles. The molecule has 0 saturated heterocycles. The lowest BCUT2D eigenvalue weighted by atomic mass is 9.88. The highest BCUT2D eigenvalue weighted by atomic mass is 16.3. The van der Waals surface area contributed by atoms with E-state index in [1.807, 2.05) is 0 Å². The van der Waals surface area contributed by atoms with Crippen molar-refractivity contribution in [1.82, 2.24) is 0 Å². The van der Waals surface area contributed by atoms with Crippen molar-refractivity contribution in [3.05, 3.63) is 0 Å². The standard InChI is InChI=1S/C7H12O2/c8-5-6-3-1-2-4-7(6)9/h5-7,9H,1-4H2/t6-,7+/m0/s1. The summed E-state index contributed by atoms with van der Waals surface area (Å²) >= 11 is 0. The van der Waals surface area contributed by atoms with Gasteiger partial charge in [0.15, 0.2) is 0 Å². The zero-order valence-corrected chi connectivity index (χ0v) is 5.42. The Morgan fingerprint density at radius 1 is 1.33 bits per heavy atom. The Morgan fingerprint density at radius 2 is 2.00 bits per heavy atom. The van der Waals surface area contributed by atoms with Crippen LogP contribution in [-0.4, -0.2) is 17.5 Å². The number of aliphatic hydroxyl groups is 1. The Hall–Kier alpha value is -0.370. The quantitative estimate of drug-likeness (QED) is 0.529. The lowest BCUT2D eigenvalue weighted by Gasteiger charge is -2.22. The molecule has 0 amide bonds. The van der Waals surface area contributed by atoms with Crippen molar-refractivity contribution in [3.63, 3.8) is 0 Å². The minimum absolute atomic E-state index is 0.0706. The Labute approximate surface area is 54.9 Å². The van der Waals surface area contributed by atoms with Gasteiger partial charge in [-0.3, -0.25) is 0 Å². The minimum Gasteiger partial charge on any atom is -0.392 e. The summed E-state index contributed by atoms with van der Waals surface area (Å²) in [5.74, 6) is -0.0706. The molecule has 0 unspecified atom stereocenters. The maximum absolute atomic E-state index is 10.2. The lowest BCUT2D eigenvalue weighted by Crippen LogP contribution is -2.25. The molecule has 0 spiro atoms. The van der Waals surface area contributed by atoms with Gasteiger partial charge in [-0.15, -0.1) is 0 Å². The molecule has 0 heterocycles. The van der Waals surface area contributed by atoms with Gasteiger partial charge in [0, 0.05) is 5.92 Å². The molecule has 2 nitrogen and oxygen atoms in total. The Kier molecular flexibility index (Phi) is 2.22. The zero-order chi connectivity index (χ0) is 6.69. The summed E-state index contributed by atoms with van der Waals surface area (Å²) in [7, 11) is 0. The van der Waals surface area contributed by atoms with Gasteiger partial charge < -0.3 is 9.90 Å². The van der Waals surface area contributed by atoms with Crippen molar-refractivity contribution in [2.45, 2.75) is 31.8 Å². The molecule has 0 aliphatic heterocycles. The molecule has 1 rings (SSSR count). The van der Waals surface area contributed by atoms with Crippen LogP contribution < -0.4 is 0 Å². The van der Waals surface area contributed by atoms with Gasteiger partial charge in [-0.2, -0.15) is 0 Å². The summed E-state index contributed by atoms with van der Waals surface area (Å²) < 4.78 is 0. The Balaban J connectivity index is 2.38. The second-order valence-corrected chi connectivity index (χ2v) is 2.65. The largest absolute Gasteiger partial charge is 0.392 e. The van der Waals surface area contributed by atoms with E-state index < -0.39 is 0 Å². The van der Waals surface area contributed by atoms with Crippen molar-refractivity contribution in [2.24, 2.45) is 5.92 Å². The molecule has 0 aromatic rings. The zero-order valence-electron chi connectivity index (χ0n) is 5.42. The number of aliphatic hydroxyl groups excluding tert-OH is 1. The van der Waals surface area contributed by atoms with Crippen LogP contribution in [0.3, 0.4) is 0 Å². The van der Waals surface area contributed by atoms with E-state index in [0.29, 0.717) is 0 Å². The molecule has 9 heavy (non-hydrogen) atoms. The van der Waals surface area contributed by atoms with Crippen molar-refractivity contribution < 1.29 is 9.90 Å². The van der Waals surface area contributed by atoms with E-state index in [0.717, 1.165) is 32.0 Å². The number of carbonyl (C=O) groups is 1. The van der Waals surface area contributed by atoms with Crippen LogP contribution in [0.5, 0.6) is 0 Å². The van der Waals surface area contributed by atoms with Gasteiger partial charge in [0.1, 0.15) is 6.29 Å². The van der Waals surface area contributed by atoms with Gasteiger partial charge in [0.05, 0.1) is 6.10 Å². The lowest BCUT2D eigenvalue weighted by molar-refractivity contribution is -0.115. The third-order valence-corrected chi connectivity index (χ3v) is 1.96. The van der Waals surface area contributed by atoms with Crippen LogP contribution >= 0.6 is 0 Å². The summed E-state index contributed by atoms with van der Waals surface area (Å²) in [6.45, 7) is 0. The summed E-state index contributed by atoms with van der Waals surface area (Å²) in [5, 5.41) is 9.14. The third kappa shape index (κ3) is 1.52. The summed E-state index contributed by atoms with van der Waals surface area (Å²) in [6, 6.07) is 0. The van der Waals surface area contributed by atoms with E-state index in [-0.39, 0.29) is 12.0 Å². The molecule has 0 radical (unpaired) electrons. The molecule has 0 aromatic heterocycles. The smallest absolute Gasteiger partial charge is 0.125 e. The minimum atomic E-state index is -0.351. The fourth-order valence-corrected chi connectivity index (χ4v) is 1.30. The van der Waals surface area contributed by atoms with Crippen LogP contribution in [-0.2, 0) is 4.79 Å². The van der Waals surface area contributed by atoms with Crippen LogP contribution in [0.15, 0.2) is 0 Å². The third-order valence-electron chi connectivity index (χ3n) is 1.96. The number of hydrogen-bond acceptors (Lipinski definition) is 2. The molecule has 2 heteroatoms.